The molecule has 4 N–H and O–H groups in total. The van der Waals surface area contributed by atoms with Crippen LogP contribution in [0.25, 0.3) is 0 Å². The lowest BCUT2D eigenvalue weighted by atomic mass is 9.81. The first kappa shape index (κ1) is 32.5. The molecule has 11 nitrogen and oxygen atoms in total. The number of nitrogens with zero attached hydrogens (tertiary/aromatic N) is 6. The zero-order valence-electron chi connectivity index (χ0n) is 26.4. The smallest absolute Gasteiger partial charge is 0.410 e. The Morgan fingerprint density at radius 1 is 1.00 bits per heavy atom. The first-order chi connectivity index (χ1) is 20.2. The van der Waals surface area contributed by atoms with Crippen molar-refractivity contribution in [1.82, 2.24) is 24.7 Å². The van der Waals surface area contributed by atoms with Crippen LogP contribution in [0.5, 0.6) is 0 Å². The number of hydrogen-bond acceptors (Lipinski definition) is 10. The molecule has 2 aliphatic heterocycles. The summed E-state index contributed by atoms with van der Waals surface area (Å²) in [5, 5.41) is 12.7. The van der Waals surface area contributed by atoms with Crippen LogP contribution in [0.1, 0.15) is 72.1 Å². The van der Waals surface area contributed by atoms with Crippen LogP contribution in [0, 0.1) is 11.8 Å². The summed E-state index contributed by atoms with van der Waals surface area (Å²) in [5.41, 5.74) is 5.66. The van der Waals surface area contributed by atoms with Gasteiger partial charge in [0.1, 0.15) is 17.2 Å². The molecule has 42 heavy (non-hydrogen) atoms. The predicted molar refractivity (Wildman–Crippen MR) is 169 cm³/mol. The predicted octanol–water partition coefficient (Wildman–Crippen LogP) is 3.50. The summed E-state index contributed by atoms with van der Waals surface area (Å²) in [4.78, 5) is 31.3. The standard InChI is InChI=1S/C31H56N8O3/c1-31(2,3)42-30(41)39(15-7-14-36-12-5-4-6-13-36)24-26-10-8-25(9-11-26)23-33-29-34-27(32)22-28(35-29)38-18-16-37(17-19-38)20-21-40/h22,25-26,40H,4-21,23-24H2,1-3H3,(H3,32,33,34,35). The average molecular weight is 589 g/mol. The Labute approximate surface area is 253 Å². The highest BCUT2D eigenvalue weighted by Crippen LogP contribution is 2.30. The van der Waals surface area contributed by atoms with E-state index in [1.807, 2.05) is 31.7 Å². The second kappa shape index (κ2) is 15.9. The number of piperidine rings is 1. The van der Waals surface area contributed by atoms with E-state index in [0.717, 1.165) is 90.3 Å². The van der Waals surface area contributed by atoms with Crippen LogP contribution in [0.2, 0.25) is 0 Å². The Kier molecular flexibility index (Phi) is 12.3. The van der Waals surface area contributed by atoms with Crippen LogP contribution in [0.4, 0.5) is 22.4 Å². The number of nitrogens with two attached hydrogens (primary N) is 1. The van der Waals surface area contributed by atoms with Crippen LogP contribution in [-0.2, 0) is 4.74 Å². The number of ether oxygens (including phenoxy) is 1. The average Bonchev–Trinajstić information content (AvgIpc) is 2.96. The number of carbonyl (C=O) groups excluding carboxylic acids is 1. The normalized spacial score (nSPS) is 22.6. The molecule has 0 atom stereocenters. The number of aliphatic hydroxyl groups is 1. The van der Waals surface area contributed by atoms with E-state index in [-0.39, 0.29) is 12.7 Å². The van der Waals surface area contributed by atoms with Crippen LogP contribution < -0.4 is 16.0 Å². The Hall–Kier alpha value is -2.37. The number of aromatic nitrogens is 2. The van der Waals surface area contributed by atoms with E-state index in [1.165, 1.54) is 32.4 Å². The van der Waals surface area contributed by atoms with E-state index in [9.17, 15) is 9.90 Å². The molecule has 1 saturated carbocycles. The maximum atomic E-state index is 13.1. The van der Waals surface area contributed by atoms with Crippen molar-refractivity contribution in [3.05, 3.63) is 6.07 Å². The van der Waals surface area contributed by atoms with Gasteiger partial charge < -0.3 is 35.6 Å². The molecule has 2 saturated heterocycles. The summed E-state index contributed by atoms with van der Waals surface area (Å²) >= 11 is 0. The molecule has 3 fully saturated rings. The highest BCUT2D eigenvalue weighted by molar-refractivity contribution is 5.68. The fourth-order valence-corrected chi connectivity index (χ4v) is 6.45. The first-order valence-corrected chi connectivity index (χ1v) is 16.4. The van der Waals surface area contributed by atoms with Crippen molar-refractivity contribution >= 4 is 23.7 Å². The van der Waals surface area contributed by atoms with Gasteiger partial charge in [0.15, 0.2) is 0 Å². The van der Waals surface area contributed by atoms with Gasteiger partial charge in [0.2, 0.25) is 5.95 Å². The monoisotopic (exact) mass is 588 g/mol. The number of carbonyl (C=O) groups is 1. The molecule has 1 aromatic heterocycles. The van der Waals surface area contributed by atoms with Gasteiger partial charge in [-0.25, -0.2) is 4.79 Å². The van der Waals surface area contributed by atoms with Crippen molar-refractivity contribution in [1.29, 1.82) is 0 Å². The lowest BCUT2D eigenvalue weighted by Gasteiger charge is -2.35. The Balaban J connectivity index is 1.22. The van der Waals surface area contributed by atoms with E-state index in [2.05, 4.69) is 25.0 Å². The second-order valence-electron chi connectivity index (χ2n) is 13.5. The minimum atomic E-state index is -0.484. The first-order valence-electron chi connectivity index (χ1n) is 16.4. The molecule has 0 bridgehead atoms. The number of amides is 1. The molecule has 4 rings (SSSR count). The van der Waals surface area contributed by atoms with Crippen LogP contribution in [0.15, 0.2) is 6.07 Å². The second-order valence-corrected chi connectivity index (χ2v) is 13.5. The molecule has 1 amide bonds. The summed E-state index contributed by atoms with van der Waals surface area (Å²) in [7, 11) is 0. The number of piperazine rings is 1. The number of nitrogens with one attached hydrogen (secondary N) is 1. The molecule has 0 aromatic carbocycles. The van der Waals surface area contributed by atoms with Gasteiger partial charge in [0.25, 0.3) is 0 Å². The largest absolute Gasteiger partial charge is 0.444 e. The van der Waals surface area contributed by atoms with Crippen LogP contribution in [-0.4, -0.2) is 120 Å². The number of anilines is 3. The van der Waals surface area contributed by atoms with Gasteiger partial charge in [-0.2, -0.15) is 9.97 Å². The molecule has 3 aliphatic rings. The minimum absolute atomic E-state index is 0.172. The van der Waals surface area contributed by atoms with Gasteiger partial charge in [-0.05, 0) is 97.2 Å². The number of β-amino-alcohol motifs (C(OH)–C–C–N with tert-alkyl or cyclic N) is 1. The Morgan fingerprint density at radius 3 is 2.33 bits per heavy atom. The van der Waals surface area contributed by atoms with Crippen molar-refractivity contribution in [3.8, 4) is 0 Å². The third-order valence-corrected chi connectivity index (χ3v) is 8.84. The molecule has 0 radical (unpaired) electrons. The van der Waals surface area contributed by atoms with Crippen molar-refractivity contribution < 1.29 is 14.6 Å². The molecule has 11 heteroatoms. The van der Waals surface area contributed by atoms with Gasteiger partial charge in [0, 0.05) is 58.4 Å². The van der Waals surface area contributed by atoms with E-state index in [1.54, 1.807) is 0 Å². The van der Waals surface area contributed by atoms with Crippen molar-refractivity contribution in [2.75, 3.05) is 94.5 Å². The van der Waals surface area contributed by atoms with Crippen molar-refractivity contribution in [3.63, 3.8) is 0 Å². The quantitative estimate of drug-likeness (QED) is 0.334. The maximum absolute atomic E-state index is 13.1. The summed E-state index contributed by atoms with van der Waals surface area (Å²) in [5.74, 6) is 2.98. The van der Waals surface area contributed by atoms with Gasteiger partial charge in [0.05, 0.1) is 6.61 Å². The lowest BCUT2D eigenvalue weighted by Crippen LogP contribution is -2.47. The molecular formula is C31H56N8O3. The highest BCUT2D eigenvalue weighted by Gasteiger charge is 2.28. The number of hydrogen-bond donors (Lipinski definition) is 3. The summed E-state index contributed by atoms with van der Waals surface area (Å²) in [6.45, 7) is 16.1. The number of rotatable bonds is 12. The number of nitrogen functional groups attached to an aromatic ring is 1. The number of likely N-dealkylation sites (tertiary alicyclic amines) is 1. The third kappa shape index (κ3) is 10.7. The van der Waals surface area contributed by atoms with E-state index >= 15 is 0 Å². The van der Waals surface area contributed by atoms with Crippen LogP contribution >= 0.6 is 0 Å². The maximum Gasteiger partial charge on any atom is 0.410 e. The molecule has 1 aromatic rings. The fraction of sp³-hybridized carbons (Fsp3) is 0.839. The molecular weight excluding hydrogens is 532 g/mol. The summed E-state index contributed by atoms with van der Waals surface area (Å²) in [6.07, 6.45) is 9.22. The van der Waals surface area contributed by atoms with Crippen molar-refractivity contribution in [2.45, 2.75) is 77.7 Å². The zero-order chi connectivity index (χ0) is 30.0. The van der Waals surface area contributed by atoms with Gasteiger partial charge in [-0.15, -0.1) is 0 Å². The number of aliphatic hydroxyl groups excluding tert-OH is 1. The molecule has 0 spiro atoms. The van der Waals surface area contributed by atoms with Gasteiger partial charge in [-0.1, -0.05) is 6.42 Å². The van der Waals surface area contributed by atoms with Gasteiger partial charge >= 0.3 is 6.09 Å². The summed E-state index contributed by atoms with van der Waals surface area (Å²) < 4.78 is 5.80. The molecule has 238 valence electrons. The molecule has 3 heterocycles. The topological polar surface area (TPSA) is 123 Å². The molecule has 0 unspecified atom stereocenters. The van der Waals surface area contributed by atoms with E-state index < -0.39 is 5.60 Å². The molecule has 1 aliphatic carbocycles. The van der Waals surface area contributed by atoms with Crippen LogP contribution in [0.3, 0.4) is 0 Å². The van der Waals surface area contributed by atoms with Crippen molar-refractivity contribution in [2.24, 2.45) is 11.8 Å². The fourth-order valence-electron chi connectivity index (χ4n) is 6.45. The third-order valence-electron chi connectivity index (χ3n) is 8.84. The van der Waals surface area contributed by atoms with Gasteiger partial charge in [-0.3, -0.25) is 4.90 Å². The lowest BCUT2D eigenvalue weighted by molar-refractivity contribution is 0.0194. The Bertz CT molecular complexity index is 952. The summed E-state index contributed by atoms with van der Waals surface area (Å²) in [6, 6.07) is 1.85. The Morgan fingerprint density at radius 2 is 1.67 bits per heavy atom. The van der Waals surface area contributed by atoms with E-state index in [0.29, 0.717) is 30.1 Å². The zero-order valence-corrected chi connectivity index (χ0v) is 26.4. The SMILES string of the molecule is CC(C)(C)OC(=O)N(CCCN1CCCCC1)CC1CCC(CNc2nc(N)cc(N3CCN(CCO)CC3)n2)CC1. The highest BCUT2D eigenvalue weighted by atomic mass is 16.6. The van der Waals surface area contributed by atoms with E-state index in [4.69, 9.17) is 15.5 Å². The minimum Gasteiger partial charge on any atom is -0.444 e.